The molecule has 0 radical (unpaired) electrons. The summed E-state index contributed by atoms with van der Waals surface area (Å²) in [5.41, 5.74) is 0.0497. The van der Waals surface area contributed by atoms with Crippen LogP contribution in [0.15, 0.2) is 17.2 Å². The van der Waals surface area contributed by atoms with E-state index in [0.717, 1.165) is 25.3 Å². The molecule has 0 spiro atoms. The second-order valence-electron chi connectivity index (χ2n) is 5.94. The first kappa shape index (κ1) is 12.7. The molecular weight excluding hydrogens is 238 g/mol. The van der Waals surface area contributed by atoms with Gasteiger partial charge in [-0.05, 0) is 25.2 Å². The zero-order valence-electron chi connectivity index (χ0n) is 11.5. The molecule has 2 aliphatic rings. The molecule has 4 nitrogen and oxygen atoms in total. The summed E-state index contributed by atoms with van der Waals surface area (Å²) in [5, 5.41) is 3.24. The smallest absolute Gasteiger partial charge is 0.293 e. The van der Waals surface area contributed by atoms with Gasteiger partial charge in [0.1, 0.15) is 0 Å². The predicted octanol–water partition coefficient (Wildman–Crippen LogP) is 2.96. The fourth-order valence-electron chi connectivity index (χ4n) is 3.06. The van der Waals surface area contributed by atoms with Crippen molar-refractivity contribution in [2.45, 2.75) is 57.4 Å². The van der Waals surface area contributed by atoms with Crippen molar-refractivity contribution in [2.24, 2.45) is 5.92 Å². The second kappa shape index (κ2) is 5.76. The van der Waals surface area contributed by atoms with E-state index in [1.807, 2.05) is 10.8 Å². The van der Waals surface area contributed by atoms with Crippen molar-refractivity contribution in [1.82, 2.24) is 9.55 Å². The standard InChI is InChI=1S/C15H23N3O/c19-15-14(17-10-11-18(15)13-6-7-13)16-9-8-12-4-2-1-3-5-12/h10-13H,1-9H2,(H,16,17). The lowest BCUT2D eigenvalue weighted by molar-refractivity contribution is 0.345. The monoisotopic (exact) mass is 261 g/mol. The Morgan fingerprint density at radius 3 is 2.74 bits per heavy atom. The fourth-order valence-corrected chi connectivity index (χ4v) is 3.06. The van der Waals surface area contributed by atoms with Crippen molar-refractivity contribution in [1.29, 1.82) is 0 Å². The van der Waals surface area contributed by atoms with E-state index in [0.29, 0.717) is 11.9 Å². The molecule has 0 bridgehead atoms. The van der Waals surface area contributed by atoms with Crippen LogP contribution in [0.4, 0.5) is 5.82 Å². The van der Waals surface area contributed by atoms with E-state index in [1.165, 1.54) is 38.5 Å². The maximum atomic E-state index is 12.2. The molecular formula is C15H23N3O. The Morgan fingerprint density at radius 2 is 2.00 bits per heavy atom. The lowest BCUT2D eigenvalue weighted by Gasteiger charge is -2.21. The molecule has 0 aliphatic heterocycles. The highest BCUT2D eigenvalue weighted by Gasteiger charge is 2.25. The first-order valence-corrected chi connectivity index (χ1v) is 7.65. The summed E-state index contributed by atoms with van der Waals surface area (Å²) in [5.74, 6) is 1.38. The van der Waals surface area contributed by atoms with E-state index < -0.39 is 0 Å². The highest BCUT2D eigenvalue weighted by Crippen LogP contribution is 2.33. The predicted molar refractivity (Wildman–Crippen MR) is 76.4 cm³/mol. The molecule has 19 heavy (non-hydrogen) atoms. The van der Waals surface area contributed by atoms with Gasteiger partial charge in [-0.15, -0.1) is 0 Å². The molecule has 1 aromatic heterocycles. The van der Waals surface area contributed by atoms with Gasteiger partial charge >= 0.3 is 0 Å². The molecule has 1 heterocycles. The van der Waals surface area contributed by atoms with Gasteiger partial charge in [-0.2, -0.15) is 0 Å². The van der Waals surface area contributed by atoms with Crippen LogP contribution in [0.1, 0.15) is 57.4 Å². The summed E-state index contributed by atoms with van der Waals surface area (Å²) < 4.78 is 1.83. The number of aromatic nitrogens is 2. The van der Waals surface area contributed by atoms with Gasteiger partial charge in [0, 0.05) is 25.0 Å². The van der Waals surface area contributed by atoms with Crippen molar-refractivity contribution in [2.75, 3.05) is 11.9 Å². The van der Waals surface area contributed by atoms with Crippen LogP contribution in [0, 0.1) is 5.92 Å². The summed E-state index contributed by atoms with van der Waals surface area (Å²) >= 11 is 0. The van der Waals surface area contributed by atoms with Gasteiger partial charge in [0.25, 0.3) is 5.56 Å². The SMILES string of the molecule is O=c1c(NCCC2CCCCC2)nccn1C1CC1. The average Bonchev–Trinajstić information content (AvgIpc) is 3.26. The molecule has 1 aromatic rings. The summed E-state index contributed by atoms with van der Waals surface area (Å²) in [6.45, 7) is 0.877. The van der Waals surface area contributed by atoms with Gasteiger partial charge in [-0.1, -0.05) is 32.1 Å². The number of hydrogen-bond acceptors (Lipinski definition) is 3. The van der Waals surface area contributed by atoms with Gasteiger partial charge in [-0.3, -0.25) is 4.79 Å². The molecule has 1 N–H and O–H groups in total. The van der Waals surface area contributed by atoms with Crippen LogP contribution in [-0.2, 0) is 0 Å². The van der Waals surface area contributed by atoms with Crippen molar-refractivity contribution in [3.63, 3.8) is 0 Å². The lowest BCUT2D eigenvalue weighted by atomic mass is 9.87. The minimum Gasteiger partial charge on any atom is -0.365 e. The third-order valence-corrected chi connectivity index (χ3v) is 4.38. The maximum absolute atomic E-state index is 12.2. The van der Waals surface area contributed by atoms with E-state index >= 15 is 0 Å². The number of nitrogens with zero attached hydrogens (tertiary/aromatic N) is 2. The molecule has 0 atom stereocenters. The van der Waals surface area contributed by atoms with Crippen molar-refractivity contribution in [3.05, 3.63) is 22.7 Å². The molecule has 104 valence electrons. The van der Waals surface area contributed by atoms with E-state index in [1.54, 1.807) is 6.20 Å². The molecule has 2 saturated carbocycles. The maximum Gasteiger partial charge on any atom is 0.293 e. The Hall–Kier alpha value is -1.32. The Labute approximate surface area is 114 Å². The minimum absolute atomic E-state index is 0.0497. The van der Waals surface area contributed by atoms with E-state index in [4.69, 9.17) is 0 Å². The summed E-state index contributed by atoms with van der Waals surface area (Å²) in [6.07, 6.45) is 13.8. The number of rotatable bonds is 5. The van der Waals surface area contributed by atoms with Gasteiger partial charge in [0.2, 0.25) is 0 Å². The zero-order valence-corrected chi connectivity index (χ0v) is 11.5. The number of hydrogen-bond donors (Lipinski definition) is 1. The van der Waals surface area contributed by atoms with Crippen LogP contribution >= 0.6 is 0 Å². The summed E-state index contributed by atoms with van der Waals surface area (Å²) in [6, 6.07) is 0.425. The molecule has 0 unspecified atom stereocenters. The van der Waals surface area contributed by atoms with Crippen molar-refractivity contribution >= 4 is 5.82 Å². The zero-order chi connectivity index (χ0) is 13.1. The Balaban J connectivity index is 1.54. The molecule has 0 aromatic carbocycles. The first-order chi connectivity index (χ1) is 9.34. The number of nitrogens with one attached hydrogen (secondary N) is 1. The van der Waals surface area contributed by atoms with Gasteiger partial charge in [0.05, 0.1) is 0 Å². The molecule has 0 saturated heterocycles. The summed E-state index contributed by atoms with van der Waals surface area (Å²) in [7, 11) is 0. The van der Waals surface area contributed by atoms with Gasteiger partial charge in [-0.25, -0.2) is 4.98 Å². The van der Waals surface area contributed by atoms with Crippen LogP contribution in [0.5, 0.6) is 0 Å². The highest BCUT2D eigenvalue weighted by molar-refractivity contribution is 5.31. The third-order valence-electron chi connectivity index (χ3n) is 4.38. The quantitative estimate of drug-likeness (QED) is 0.886. The Kier molecular flexibility index (Phi) is 3.85. The molecule has 2 fully saturated rings. The Bertz CT molecular complexity index is 473. The molecule has 2 aliphatic carbocycles. The second-order valence-corrected chi connectivity index (χ2v) is 5.94. The molecule has 4 heteroatoms. The van der Waals surface area contributed by atoms with E-state index in [2.05, 4.69) is 10.3 Å². The van der Waals surface area contributed by atoms with Crippen LogP contribution in [0.2, 0.25) is 0 Å². The number of anilines is 1. The van der Waals surface area contributed by atoms with Crippen LogP contribution < -0.4 is 10.9 Å². The van der Waals surface area contributed by atoms with E-state index in [9.17, 15) is 4.79 Å². The summed E-state index contributed by atoms with van der Waals surface area (Å²) in [4.78, 5) is 16.4. The van der Waals surface area contributed by atoms with Crippen molar-refractivity contribution < 1.29 is 0 Å². The van der Waals surface area contributed by atoms with Gasteiger partial charge in [0.15, 0.2) is 5.82 Å². The lowest BCUT2D eigenvalue weighted by Crippen LogP contribution is -2.24. The van der Waals surface area contributed by atoms with Gasteiger partial charge < -0.3 is 9.88 Å². The van der Waals surface area contributed by atoms with Crippen LogP contribution in [0.3, 0.4) is 0 Å². The van der Waals surface area contributed by atoms with Crippen LogP contribution in [-0.4, -0.2) is 16.1 Å². The van der Waals surface area contributed by atoms with E-state index in [-0.39, 0.29) is 5.56 Å². The Morgan fingerprint density at radius 1 is 1.21 bits per heavy atom. The minimum atomic E-state index is 0.0497. The molecule has 3 rings (SSSR count). The fraction of sp³-hybridized carbons (Fsp3) is 0.733. The third kappa shape index (κ3) is 3.17. The normalized spacial score (nSPS) is 20.4. The average molecular weight is 261 g/mol. The molecule has 0 amide bonds. The van der Waals surface area contributed by atoms with Crippen LogP contribution in [0.25, 0.3) is 0 Å². The van der Waals surface area contributed by atoms with Crippen molar-refractivity contribution in [3.8, 4) is 0 Å². The topological polar surface area (TPSA) is 46.9 Å². The highest BCUT2D eigenvalue weighted by atomic mass is 16.1. The largest absolute Gasteiger partial charge is 0.365 e. The first-order valence-electron chi connectivity index (χ1n) is 7.65.